The molecule has 2 nitrogen and oxygen atoms in total. The molecule has 0 amide bonds. The number of nitrogens with zero attached hydrogens (tertiary/aromatic N) is 1. The van der Waals surface area contributed by atoms with E-state index in [1.807, 2.05) is 6.07 Å². The smallest absolute Gasteiger partial charge is 0.123 e. The Balaban J connectivity index is 2.29. The number of hydrogen-bond donors (Lipinski definition) is 1. The molecule has 88 valence electrons. The van der Waals surface area contributed by atoms with Gasteiger partial charge in [-0.15, -0.1) is 0 Å². The monoisotopic (exact) mass is 251 g/mol. The number of rotatable bonds is 3. The first kappa shape index (κ1) is 12.0. The third-order valence-corrected chi connectivity index (χ3v) is 2.66. The number of benzene rings is 1. The molecular weight excluding hydrogens is 241 g/mol. The van der Waals surface area contributed by atoms with Crippen LogP contribution in [0.3, 0.4) is 0 Å². The molecule has 0 unspecified atom stereocenters. The van der Waals surface area contributed by atoms with Crippen molar-refractivity contribution in [2.75, 3.05) is 0 Å². The first-order valence-corrected chi connectivity index (χ1v) is 5.55. The van der Waals surface area contributed by atoms with Crippen LogP contribution in [0.25, 0.3) is 0 Å². The molecule has 0 radical (unpaired) electrons. The minimum Gasteiger partial charge on any atom is -0.392 e. The molecule has 2 rings (SSSR count). The number of halogens is 2. The van der Waals surface area contributed by atoms with Gasteiger partial charge in [0.25, 0.3) is 0 Å². The Morgan fingerprint density at radius 1 is 1.29 bits per heavy atom. The second-order valence-electron chi connectivity index (χ2n) is 3.72. The number of hydrogen-bond acceptors (Lipinski definition) is 2. The fraction of sp³-hybridized carbons (Fsp3) is 0.154. The number of pyridine rings is 1. The summed E-state index contributed by atoms with van der Waals surface area (Å²) in [4.78, 5) is 4.16. The third-order valence-electron chi connectivity index (χ3n) is 2.46. The molecule has 1 heterocycles. The lowest BCUT2D eigenvalue weighted by molar-refractivity contribution is 0.280. The Labute approximate surface area is 104 Å². The molecular formula is C13H11ClFNO. The molecule has 0 aliphatic rings. The van der Waals surface area contributed by atoms with E-state index in [0.717, 1.165) is 5.56 Å². The van der Waals surface area contributed by atoms with Crippen LogP contribution >= 0.6 is 11.6 Å². The fourth-order valence-corrected chi connectivity index (χ4v) is 1.83. The van der Waals surface area contributed by atoms with Crippen LogP contribution in [0.1, 0.15) is 16.8 Å². The van der Waals surface area contributed by atoms with Gasteiger partial charge in [0.1, 0.15) is 5.82 Å². The van der Waals surface area contributed by atoms with Crippen LogP contribution in [0.2, 0.25) is 5.02 Å². The molecule has 1 aromatic heterocycles. The highest BCUT2D eigenvalue weighted by Gasteiger charge is 2.06. The highest BCUT2D eigenvalue weighted by Crippen LogP contribution is 2.17. The summed E-state index contributed by atoms with van der Waals surface area (Å²) in [5.41, 5.74) is 2.19. The van der Waals surface area contributed by atoms with E-state index in [4.69, 9.17) is 11.6 Å². The molecule has 4 heteroatoms. The van der Waals surface area contributed by atoms with Crippen molar-refractivity contribution in [3.05, 3.63) is 64.2 Å². The van der Waals surface area contributed by atoms with Crippen molar-refractivity contribution >= 4 is 11.6 Å². The molecule has 0 saturated heterocycles. The van der Waals surface area contributed by atoms with Gasteiger partial charge in [0.15, 0.2) is 0 Å². The van der Waals surface area contributed by atoms with Crippen molar-refractivity contribution in [2.24, 2.45) is 0 Å². The molecule has 1 aromatic carbocycles. The molecule has 17 heavy (non-hydrogen) atoms. The summed E-state index contributed by atoms with van der Waals surface area (Å²) in [6, 6.07) is 7.99. The molecule has 0 aliphatic heterocycles. The van der Waals surface area contributed by atoms with Gasteiger partial charge < -0.3 is 5.11 Å². The predicted molar refractivity (Wildman–Crippen MR) is 64.4 cm³/mol. The van der Waals surface area contributed by atoms with Crippen molar-refractivity contribution in [3.8, 4) is 0 Å². The van der Waals surface area contributed by atoms with E-state index < -0.39 is 0 Å². The van der Waals surface area contributed by atoms with E-state index in [0.29, 0.717) is 22.7 Å². The van der Waals surface area contributed by atoms with Crippen molar-refractivity contribution in [3.63, 3.8) is 0 Å². The Morgan fingerprint density at radius 2 is 2.12 bits per heavy atom. The van der Waals surface area contributed by atoms with Gasteiger partial charge in [0.05, 0.1) is 17.3 Å². The Morgan fingerprint density at radius 3 is 2.82 bits per heavy atom. The van der Waals surface area contributed by atoms with Gasteiger partial charge in [0, 0.05) is 18.2 Å². The summed E-state index contributed by atoms with van der Waals surface area (Å²) < 4.78 is 13.0. The summed E-state index contributed by atoms with van der Waals surface area (Å²) in [6.45, 7) is -0.127. The molecule has 2 aromatic rings. The summed E-state index contributed by atoms with van der Waals surface area (Å²) >= 11 is 5.79. The van der Waals surface area contributed by atoms with Crippen LogP contribution in [0.15, 0.2) is 36.5 Å². The highest BCUT2D eigenvalue weighted by molar-refractivity contribution is 6.30. The summed E-state index contributed by atoms with van der Waals surface area (Å²) in [7, 11) is 0. The van der Waals surface area contributed by atoms with Crippen molar-refractivity contribution < 1.29 is 9.50 Å². The Hall–Kier alpha value is -1.45. The van der Waals surface area contributed by atoms with Crippen LogP contribution in [0.5, 0.6) is 0 Å². The molecule has 0 saturated carbocycles. The Bertz CT molecular complexity index is 531. The molecule has 0 fully saturated rings. The van der Waals surface area contributed by atoms with E-state index in [1.165, 1.54) is 18.3 Å². The van der Waals surface area contributed by atoms with Gasteiger partial charge in [0.2, 0.25) is 0 Å². The van der Waals surface area contributed by atoms with E-state index in [2.05, 4.69) is 4.98 Å². The van der Waals surface area contributed by atoms with Crippen LogP contribution in [-0.2, 0) is 13.0 Å². The standard InChI is InChI=1S/C13H11ClFNO/c14-11-6-10(8-17)13(16-7-11)5-9-2-1-3-12(15)4-9/h1-4,6-7,17H,5,8H2. The maximum absolute atomic E-state index is 13.0. The average Bonchev–Trinajstić information content (AvgIpc) is 2.31. The summed E-state index contributed by atoms with van der Waals surface area (Å²) in [6.07, 6.45) is 2.00. The Kier molecular flexibility index (Phi) is 3.71. The lowest BCUT2D eigenvalue weighted by Gasteiger charge is -2.07. The van der Waals surface area contributed by atoms with Gasteiger partial charge >= 0.3 is 0 Å². The van der Waals surface area contributed by atoms with E-state index in [1.54, 1.807) is 12.1 Å². The topological polar surface area (TPSA) is 33.1 Å². The maximum Gasteiger partial charge on any atom is 0.123 e. The van der Waals surface area contributed by atoms with Crippen molar-refractivity contribution in [1.82, 2.24) is 4.98 Å². The van der Waals surface area contributed by atoms with Crippen LogP contribution in [-0.4, -0.2) is 10.1 Å². The first-order chi connectivity index (χ1) is 8.19. The fourth-order valence-electron chi connectivity index (χ4n) is 1.65. The van der Waals surface area contributed by atoms with Gasteiger partial charge in [-0.1, -0.05) is 23.7 Å². The van der Waals surface area contributed by atoms with Crippen LogP contribution < -0.4 is 0 Å². The maximum atomic E-state index is 13.0. The SMILES string of the molecule is OCc1cc(Cl)cnc1Cc1cccc(F)c1. The number of aromatic nitrogens is 1. The lowest BCUT2D eigenvalue weighted by atomic mass is 10.1. The van der Waals surface area contributed by atoms with E-state index >= 15 is 0 Å². The minimum absolute atomic E-state index is 0.127. The van der Waals surface area contributed by atoms with Gasteiger partial charge in [-0.3, -0.25) is 4.98 Å². The molecule has 0 spiro atoms. The quantitative estimate of drug-likeness (QED) is 0.910. The highest BCUT2D eigenvalue weighted by atomic mass is 35.5. The summed E-state index contributed by atoms with van der Waals surface area (Å²) in [5.74, 6) is -0.276. The lowest BCUT2D eigenvalue weighted by Crippen LogP contribution is -1.99. The summed E-state index contributed by atoms with van der Waals surface area (Å²) in [5, 5.41) is 9.69. The first-order valence-electron chi connectivity index (χ1n) is 5.17. The van der Waals surface area contributed by atoms with Crippen molar-refractivity contribution in [1.29, 1.82) is 0 Å². The zero-order valence-electron chi connectivity index (χ0n) is 9.03. The number of aliphatic hydroxyl groups is 1. The normalized spacial score (nSPS) is 10.5. The number of aliphatic hydroxyl groups excluding tert-OH is 1. The van der Waals surface area contributed by atoms with Gasteiger partial charge in [-0.25, -0.2) is 4.39 Å². The van der Waals surface area contributed by atoms with Crippen LogP contribution in [0.4, 0.5) is 4.39 Å². The molecule has 0 aliphatic carbocycles. The average molecular weight is 252 g/mol. The molecule has 0 atom stereocenters. The molecule has 0 bridgehead atoms. The second kappa shape index (κ2) is 5.25. The largest absolute Gasteiger partial charge is 0.392 e. The van der Waals surface area contributed by atoms with Crippen molar-refractivity contribution in [2.45, 2.75) is 13.0 Å². The zero-order chi connectivity index (χ0) is 12.3. The predicted octanol–water partition coefficient (Wildman–Crippen LogP) is 2.96. The van der Waals surface area contributed by atoms with E-state index in [9.17, 15) is 9.50 Å². The molecule has 1 N–H and O–H groups in total. The van der Waals surface area contributed by atoms with E-state index in [-0.39, 0.29) is 12.4 Å². The zero-order valence-corrected chi connectivity index (χ0v) is 9.78. The third kappa shape index (κ3) is 3.02. The minimum atomic E-state index is -0.276. The van der Waals surface area contributed by atoms with Gasteiger partial charge in [-0.05, 0) is 23.8 Å². The van der Waals surface area contributed by atoms with Gasteiger partial charge in [-0.2, -0.15) is 0 Å². The van der Waals surface area contributed by atoms with Crippen LogP contribution in [0, 0.1) is 5.82 Å². The second-order valence-corrected chi connectivity index (χ2v) is 4.16.